The highest BCUT2D eigenvalue weighted by atomic mass is 19.1. The van der Waals surface area contributed by atoms with E-state index in [0.717, 1.165) is 5.56 Å². The molecule has 7 heteroatoms. The maximum atomic E-state index is 14.1. The summed E-state index contributed by atoms with van der Waals surface area (Å²) < 4.78 is 28.3. The van der Waals surface area contributed by atoms with Crippen LogP contribution in [0.3, 0.4) is 0 Å². The molecule has 0 amide bonds. The second kappa shape index (κ2) is 4.98. The van der Waals surface area contributed by atoms with Crippen molar-refractivity contribution in [2.75, 3.05) is 5.32 Å². The quantitative estimate of drug-likeness (QED) is 0.722. The molecule has 0 fully saturated rings. The molecule has 0 unspecified atom stereocenters. The van der Waals surface area contributed by atoms with Gasteiger partial charge in [0.15, 0.2) is 0 Å². The van der Waals surface area contributed by atoms with Crippen molar-refractivity contribution in [3.05, 3.63) is 59.6 Å². The first-order valence-electron chi connectivity index (χ1n) is 6.94. The Balaban J connectivity index is 2.01. The Labute approximate surface area is 130 Å². The summed E-state index contributed by atoms with van der Waals surface area (Å²) in [5.41, 5.74) is 2.99. The number of nitrogens with zero attached hydrogens (tertiary/aromatic N) is 3. The van der Waals surface area contributed by atoms with E-state index in [9.17, 15) is 8.78 Å². The number of pyridine rings is 1. The van der Waals surface area contributed by atoms with Crippen LogP contribution in [0.4, 0.5) is 20.2 Å². The fourth-order valence-electron chi connectivity index (χ4n) is 2.56. The Kier molecular flexibility index (Phi) is 2.94. The standard InChI is InChI=1S/C16H11F2N5/c1-8-14-15(23-22-8)9-5-6-19-7-12(9)20-16(21-14)13-10(17)3-2-4-11(13)18/h2-7H,1H3,(H,20,21)(H,22,23). The summed E-state index contributed by atoms with van der Waals surface area (Å²) in [4.78, 5) is 8.46. The molecule has 3 heterocycles. The molecule has 3 aromatic rings. The van der Waals surface area contributed by atoms with E-state index in [4.69, 9.17) is 0 Å². The van der Waals surface area contributed by atoms with Crippen molar-refractivity contribution in [1.82, 2.24) is 15.2 Å². The van der Waals surface area contributed by atoms with Gasteiger partial charge in [-0.25, -0.2) is 13.8 Å². The molecule has 0 radical (unpaired) electrons. The van der Waals surface area contributed by atoms with Gasteiger partial charge in [0, 0.05) is 11.8 Å². The summed E-state index contributed by atoms with van der Waals surface area (Å²) >= 11 is 0. The van der Waals surface area contributed by atoms with E-state index in [1.165, 1.54) is 18.2 Å². The van der Waals surface area contributed by atoms with Crippen LogP contribution in [-0.2, 0) is 0 Å². The number of hydrogen-bond acceptors (Lipinski definition) is 4. The van der Waals surface area contributed by atoms with Crippen LogP contribution in [0, 0.1) is 18.6 Å². The molecular formula is C16H11F2N5. The van der Waals surface area contributed by atoms with Gasteiger partial charge in [-0.3, -0.25) is 10.1 Å². The predicted octanol–water partition coefficient (Wildman–Crippen LogP) is 3.56. The van der Waals surface area contributed by atoms with Gasteiger partial charge >= 0.3 is 0 Å². The Morgan fingerprint density at radius 3 is 2.65 bits per heavy atom. The second-order valence-corrected chi connectivity index (χ2v) is 5.15. The zero-order valence-corrected chi connectivity index (χ0v) is 12.1. The van der Waals surface area contributed by atoms with Crippen molar-refractivity contribution in [3.63, 3.8) is 0 Å². The lowest BCUT2D eigenvalue weighted by atomic mass is 10.1. The molecule has 5 nitrogen and oxygen atoms in total. The summed E-state index contributed by atoms with van der Waals surface area (Å²) in [5.74, 6) is -1.30. The van der Waals surface area contributed by atoms with Crippen molar-refractivity contribution >= 4 is 17.2 Å². The van der Waals surface area contributed by atoms with E-state index in [2.05, 4.69) is 25.5 Å². The molecule has 2 aromatic heterocycles. The van der Waals surface area contributed by atoms with Crippen LogP contribution in [0.2, 0.25) is 0 Å². The minimum Gasteiger partial charge on any atom is -0.338 e. The summed E-state index contributed by atoms with van der Waals surface area (Å²) in [6.45, 7) is 1.80. The summed E-state index contributed by atoms with van der Waals surface area (Å²) in [6.07, 6.45) is 3.20. The third-order valence-electron chi connectivity index (χ3n) is 3.67. The Morgan fingerprint density at radius 1 is 1.09 bits per heavy atom. The first-order valence-corrected chi connectivity index (χ1v) is 6.94. The number of halogens is 2. The first-order chi connectivity index (χ1) is 11.1. The monoisotopic (exact) mass is 311 g/mol. The van der Waals surface area contributed by atoms with Crippen molar-refractivity contribution in [3.8, 4) is 11.3 Å². The van der Waals surface area contributed by atoms with E-state index in [1.54, 1.807) is 25.4 Å². The Hall–Kier alpha value is -3.09. The van der Waals surface area contributed by atoms with Gasteiger partial charge in [-0.15, -0.1) is 0 Å². The van der Waals surface area contributed by atoms with Gasteiger partial charge in [-0.1, -0.05) is 6.07 Å². The highest BCUT2D eigenvalue weighted by molar-refractivity contribution is 6.13. The highest BCUT2D eigenvalue weighted by Gasteiger charge is 2.24. The maximum Gasteiger partial charge on any atom is 0.144 e. The molecule has 1 aliphatic heterocycles. The van der Waals surface area contributed by atoms with E-state index in [0.29, 0.717) is 22.8 Å². The second-order valence-electron chi connectivity index (χ2n) is 5.15. The molecule has 0 aliphatic carbocycles. The van der Waals surface area contributed by atoms with Crippen molar-refractivity contribution in [1.29, 1.82) is 0 Å². The number of benzene rings is 1. The van der Waals surface area contributed by atoms with E-state index < -0.39 is 11.6 Å². The molecule has 2 N–H and O–H groups in total. The Morgan fingerprint density at radius 2 is 1.87 bits per heavy atom. The van der Waals surface area contributed by atoms with Crippen molar-refractivity contribution < 1.29 is 8.78 Å². The number of aromatic nitrogens is 3. The number of aliphatic imine (C=N–C) groups is 1. The zero-order chi connectivity index (χ0) is 16.0. The van der Waals surface area contributed by atoms with Crippen molar-refractivity contribution in [2.45, 2.75) is 6.92 Å². The van der Waals surface area contributed by atoms with Crippen LogP contribution in [0.5, 0.6) is 0 Å². The smallest absolute Gasteiger partial charge is 0.144 e. The highest BCUT2D eigenvalue weighted by Crippen LogP contribution is 2.38. The lowest BCUT2D eigenvalue weighted by Crippen LogP contribution is -2.17. The summed E-state index contributed by atoms with van der Waals surface area (Å²) in [7, 11) is 0. The van der Waals surface area contributed by atoms with Crippen LogP contribution in [-0.4, -0.2) is 21.0 Å². The molecular weight excluding hydrogens is 300 g/mol. The van der Waals surface area contributed by atoms with Crippen LogP contribution in [0.25, 0.3) is 11.3 Å². The minimum absolute atomic E-state index is 0.0816. The topological polar surface area (TPSA) is 66.0 Å². The van der Waals surface area contributed by atoms with Crippen LogP contribution < -0.4 is 5.32 Å². The van der Waals surface area contributed by atoms with E-state index >= 15 is 0 Å². The number of nitrogens with one attached hydrogen (secondary N) is 2. The van der Waals surface area contributed by atoms with Gasteiger partial charge in [0.05, 0.1) is 23.1 Å². The number of aryl methyl sites for hydroxylation is 1. The molecule has 0 saturated heterocycles. The minimum atomic E-state index is -0.689. The van der Waals surface area contributed by atoms with Gasteiger partial charge in [-0.05, 0) is 25.1 Å². The number of amidine groups is 1. The van der Waals surface area contributed by atoms with E-state index in [-0.39, 0.29) is 11.4 Å². The number of aromatic amines is 1. The zero-order valence-electron chi connectivity index (χ0n) is 12.1. The molecule has 0 saturated carbocycles. The van der Waals surface area contributed by atoms with Crippen LogP contribution in [0.1, 0.15) is 11.3 Å². The lowest BCUT2D eigenvalue weighted by molar-refractivity contribution is 0.579. The molecule has 4 rings (SSSR count). The molecule has 1 aromatic carbocycles. The number of fused-ring (bicyclic) bond motifs is 3. The normalized spacial score (nSPS) is 12.7. The summed E-state index contributed by atoms with van der Waals surface area (Å²) in [5, 5.41) is 10.1. The molecule has 1 aliphatic rings. The maximum absolute atomic E-state index is 14.1. The van der Waals surface area contributed by atoms with Gasteiger partial charge in [-0.2, -0.15) is 5.10 Å². The SMILES string of the molecule is Cc1[nH]nc2c1N=C(c1c(F)cccc1F)Nc1cnccc1-2. The lowest BCUT2D eigenvalue weighted by Gasteiger charge is -2.11. The summed E-state index contributed by atoms with van der Waals surface area (Å²) in [6, 6.07) is 5.48. The van der Waals surface area contributed by atoms with Crippen molar-refractivity contribution in [2.24, 2.45) is 4.99 Å². The van der Waals surface area contributed by atoms with Crippen LogP contribution in [0.15, 0.2) is 41.7 Å². The number of hydrogen-bond donors (Lipinski definition) is 2. The van der Waals surface area contributed by atoms with Gasteiger partial charge in [0.1, 0.15) is 28.9 Å². The fraction of sp³-hybridized carbons (Fsp3) is 0.0625. The number of H-pyrrole nitrogens is 1. The molecule has 23 heavy (non-hydrogen) atoms. The van der Waals surface area contributed by atoms with Gasteiger partial charge in [0.25, 0.3) is 0 Å². The first kappa shape index (κ1) is 13.6. The van der Waals surface area contributed by atoms with Gasteiger partial charge < -0.3 is 5.32 Å². The molecule has 114 valence electrons. The predicted molar refractivity (Wildman–Crippen MR) is 82.7 cm³/mol. The van der Waals surface area contributed by atoms with Crippen LogP contribution >= 0.6 is 0 Å². The average molecular weight is 311 g/mol. The fourth-order valence-corrected chi connectivity index (χ4v) is 2.56. The molecule has 0 bridgehead atoms. The third-order valence-corrected chi connectivity index (χ3v) is 3.67. The number of anilines is 1. The average Bonchev–Trinajstić information content (AvgIpc) is 2.80. The largest absolute Gasteiger partial charge is 0.338 e. The molecule has 0 spiro atoms. The third kappa shape index (κ3) is 2.09. The molecule has 0 atom stereocenters. The Bertz CT molecular complexity index is 925. The van der Waals surface area contributed by atoms with Gasteiger partial charge in [0.2, 0.25) is 0 Å². The number of rotatable bonds is 1. The van der Waals surface area contributed by atoms with E-state index in [1.807, 2.05) is 0 Å².